The molecule has 0 atom stereocenters. The summed E-state index contributed by atoms with van der Waals surface area (Å²) in [4.78, 5) is 6.78. The van der Waals surface area contributed by atoms with Crippen LogP contribution in [0.3, 0.4) is 0 Å². The molecule has 1 aromatic heterocycles. The van der Waals surface area contributed by atoms with Crippen LogP contribution in [0.15, 0.2) is 12.4 Å². The first-order valence-electron chi connectivity index (χ1n) is 7.49. The van der Waals surface area contributed by atoms with Gasteiger partial charge in [0.05, 0.1) is 6.54 Å². The van der Waals surface area contributed by atoms with Crippen LogP contribution in [-0.4, -0.2) is 40.6 Å². The largest absolute Gasteiger partial charge is 0.337 e. The van der Waals surface area contributed by atoms with Gasteiger partial charge in [-0.3, -0.25) is 4.90 Å². The second kappa shape index (κ2) is 6.53. The van der Waals surface area contributed by atoms with E-state index in [0.717, 1.165) is 18.9 Å². The van der Waals surface area contributed by atoms with Gasteiger partial charge in [-0.05, 0) is 33.4 Å². The molecule has 19 heavy (non-hydrogen) atoms. The zero-order valence-electron chi connectivity index (χ0n) is 12.7. The van der Waals surface area contributed by atoms with Crippen molar-refractivity contribution < 1.29 is 0 Å². The molecule has 1 heterocycles. The summed E-state index contributed by atoms with van der Waals surface area (Å²) in [7, 11) is 6.39. The van der Waals surface area contributed by atoms with Gasteiger partial charge in [0.2, 0.25) is 0 Å². The number of aryl methyl sites for hydroxylation is 1. The summed E-state index contributed by atoms with van der Waals surface area (Å²) < 4.78 is 2.10. The van der Waals surface area contributed by atoms with Crippen molar-refractivity contribution in [3.63, 3.8) is 0 Å². The summed E-state index contributed by atoms with van der Waals surface area (Å²) in [6, 6.07) is 0. The van der Waals surface area contributed by atoms with Crippen LogP contribution < -0.4 is 5.32 Å². The van der Waals surface area contributed by atoms with Crippen LogP contribution in [0.5, 0.6) is 0 Å². The smallest absolute Gasteiger partial charge is 0.122 e. The summed E-state index contributed by atoms with van der Waals surface area (Å²) in [5, 5.41) is 3.60. The molecule has 2 rings (SSSR count). The SMILES string of the molecule is CNC1(CCN(C)Cc2nccn2C)CCCCC1. The summed E-state index contributed by atoms with van der Waals surface area (Å²) in [5.41, 5.74) is 0.383. The Morgan fingerprint density at radius 2 is 2.11 bits per heavy atom. The molecule has 4 nitrogen and oxygen atoms in total. The zero-order chi connectivity index (χ0) is 13.7. The molecular weight excluding hydrogens is 236 g/mol. The third-order valence-corrected chi connectivity index (χ3v) is 4.65. The molecule has 1 saturated carbocycles. The van der Waals surface area contributed by atoms with E-state index in [1.807, 2.05) is 12.4 Å². The monoisotopic (exact) mass is 264 g/mol. The Labute approximate surface area is 117 Å². The van der Waals surface area contributed by atoms with Crippen LogP contribution in [0.25, 0.3) is 0 Å². The van der Waals surface area contributed by atoms with Crippen LogP contribution >= 0.6 is 0 Å². The molecule has 0 radical (unpaired) electrons. The van der Waals surface area contributed by atoms with Crippen molar-refractivity contribution in [1.82, 2.24) is 19.8 Å². The zero-order valence-corrected chi connectivity index (χ0v) is 12.7. The van der Waals surface area contributed by atoms with Gasteiger partial charge in [-0.15, -0.1) is 0 Å². The average molecular weight is 264 g/mol. The third kappa shape index (κ3) is 3.80. The van der Waals surface area contributed by atoms with Crippen LogP contribution in [0.2, 0.25) is 0 Å². The Bertz CT molecular complexity index is 379. The van der Waals surface area contributed by atoms with Crippen molar-refractivity contribution in [1.29, 1.82) is 0 Å². The van der Waals surface area contributed by atoms with Gasteiger partial charge in [-0.1, -0.05) is 19.3 Å². The minimum Gasteiger partial charge on any atom is -0.337 e. The standard InChI is InChI=1S/C15H28N4/c1-16-15(7-5-4-6-8-15)9-11-18(2)13-14-17-10-12-19(14)3/h10,12,16H,4-9,11,13H2,1-3H3. The number of hydrogen-bond donors (Lipinski definition) is 1. The van der Waals surface area contributed by atoms with Crippen molar-refractivity contribution in [2.75, 3.05) is 20.6 Å². The van der Waals surface area contributed by atoms with Gasteiger partial charge >= 0.3 is 0 Å². The van der Waals surface area contributed by atoms with Gasteiger partial charge < -0.3 is 9.88 Å². The van der Waals surface area contributed by atoms with Gasteiger partial charge in [-0.25, -0.2) is 4.98 Å². The normalized spacial score (nSPS) is 18.9. The van der Waals surface area contributed by atoms with Crippen LogP contribution in [-0.2, 0) is 13.6 Å². The Balaban J connectivity index is 1.82. The Morgan fingerprint density at radius 1 is 1.37 bits per heavy atom. The predicted molar refractivity (Wildman–Crippen MR) is 79.0 cm³/mol. The number of nitrogens with one attached hydrogen (secondary N) is 1. The van der Waals surface area contributed by atoms with E-state index < -0.39 is 0 Å². The summed E-state index contributed by atoms with van der Waals surface area (Å²) in [5.74, 6) is 1.14. The second-order valence-corrected chi connectivity index (χ2v) is 6.03. The molecule has 0 spiro atoms. The number of hydrogen-bond acceptors (Lipinski definition) is 3. The maximum atomic E-state index is 4.39. The summed E-state index contributed by atoms with van der Waals surface area (Å²) >= 11 is 0. The molecule has 0 aliphatic heterocycles. The fourth-order valence-corrected chi connectivity index (χ4v) is 3.13. The van der Waals surface area contributed by atoms with Gasteiger partial charge in [0, 0.05) is 31.5 Å². The fourth-order valence-electron chi connectivity index (χ4n) is 3.13. The van der Waals surface area contributed by atoms with Gasteiger partial charge in [-0.2, -0.15) is 0 Å². The van der Waals surface area contributed by atoms with Gasteiger partial charge in [0.1, 0.15) is 5.82 Å². The van der Waals surface area contributed by atoms with E-state index in [1.165, 1.54) is 38.5 Å². The van der Waals surface area contributed by atoms with Crippen molar-refractivity contribution in [3.05, 3.63) is 18.2 Å². The van der Waals surface area contributed by atoms with E-state index in [0.29, 0.717) is 5.54 Å². The maximum absolute atomic E-state index is 4.39. The molecule has 1 fully saturated rings. The molecular formula is C15H28N4. The molecule has 0 aromatic carbocycles. The minimum atomic E-state index is 0.383. The van der Waals surface area contributed by atoms with Crippen molar-refractivity contribution in [3.8, 4) is 0 Å². The molecule has 0 amide bonds. The van der Waals surface area contributed by atoms with Crippen LogP contribution in [0.1, 0.15) is 44.3 Å². The number of rotatable bonds is 6. The second-order valence-electron chi connectivity index (χ2n) is 6.03. The summed E-state index contributed by atoms with van der Waals surface area (Å²) in [6.07, 6.45) is 12.0. The van der Waals surface area contributed by atoms with E-state index in [-0.39, 0.29) is 0 Å². The molecule has 0 bridgehead atoms. The lowest BCUT2D eigenvalue weighted by atomic mass is 9.79. The van der Waals surface area contributed by atoms with Crippen LogP contribution in [0, 0.1) is 0 Å². The van der Waals surface area contributed by atoms with Crippen molar-refractivity contribution in [2.24, 2.45) is 7.05 Å². The van der Waals surface area contributed by atoms with Crippen LogP contribution in [0.4, 0.5) is 0 Å². The lowest BCUT2D eigenvalue weighted by Gasteiger charge is -2.38. The van der Waals surface area contributed by atoms with E-state index in [4.69, 9.17) is 0 Å². The predicted octanol–water partition coefficient (Wildman–Crippen LogP) is 2.16. The Kier molecular flexibility index (Phi) is 4.99. The van der Waals surface area contributed by atoms with Crippen molar-refractivity contribution >= 4 is 0 Å². The number of imidazole rings is 1. The first kappa shape index (κ1) is 14.5. The first-order valence-corrected chi connectivity index (χ1v) is 7.49. The molecule has 0 saturated heterocycles. The molecule has 1 N–H and O–H groups in total. The third-order valence-electron chi connectivity index (χ3n) is 4.65. The molecule has 1 aliphatic rings. The van der Waals surface area contributed by atoms with E-state index in [9.17, 15) is 0 Å². The lowest BCUT2D eigenvalue weighted by Crippen LogP contribution is -2.46. The summed E-state index contributed by atoms with van der Waals surface area (Å²) in [6.45, 7) is 2.07. The first-order chi connectivity index (χ1) is 9.15. The Morgan fingerprint density at radius 3 is 2.68 bits per heavy atom. The highest BCUT2D eigenvalue weighted by molar-refractivity contribution is 4.93. The quantitative estimate of drug-likeness (QED) is 0.855. The minimum absolute atomic E-state index is 0.383. The van der Waals surface area contributed by atoms with Gasteiger partial charge in [0.15, 0.2) is 0 Å². The number of nitrogens with zero attached hydrogens (tertiary/aromatic N) is 3. The van der Waals surface area contributed by atoms with E-state index >= 15 is 0 Å². The Hall–Kier alpha value is -0.870. The highest BCUT2D eigenvalue weighted by atomic mass is 15.2. The molecule has 4 heteroatoms. The number of aromatic nitrogens is 2. The fraction of sp³-hybridized carbons (Fsp3) is 0.800. The highest BCUT2D eigenvalue weighted by Crippen LogP contribution is 2.30. The molecule has 1 aromatic rings. The lowest BCUT2D eigenvalue weighted by molar-refractivity contribution is 0.192. The van der Waals surface area contributed by atoms with Crippen molar-refractivity contribution in [2.45, 2.75) is 50.6 Å². The molecule has 0 unspecified atom stereocenters. The van der Waals surface area contributed by atoms with Gasteiger partial charge in [0.25, 0.3) is 0 Å². The average Bonchev–Trinajstić information content (AvgIpc) is 2.83. The van der Waals surface area contributed by atoms with E-state index in [1.54, 1.807) is 0 Å². The van der Waals surface area contributed by atoms with E-state index in [2.05, 4.69) is 40.9 Å². The highest BCUT2D eigenvalue weighted by Gasteiger charge is 2.29. The topological polar surface area (TPSA) is 33.1 Å². The maximum Gasteiger partial charge on any atom is 0.122 e. The molecule has 1 aliphatic carbocycles. The molecule has 108 valence electrons.